The molecule has 2 aliphatic heterocycles. The summed E-state index contributed by atoms with van der Waals surface area (Å²) < 4.78 is 11.6. The zero-order chi connectivity index (χ0) is 12.9. The quantitative estimate of drug-likeness (QED) is 0.930. The largest absolute Gasteiger partial charge is 0.490 e. The van der Waals surface area contributed by atoms with Crippen molar-refractivity contribution in [3.63, 3.8) is 0 Å². The lowest BCUT2D eigenvalue weighted by Gasteiger charge is -2.28. The van der Waals surface area contributed by atoms with Gasteiger partial charge in [-0.2, -0.15) is 0 Å². The van der Waals surface area contributed by atoms with Gasteiger partial charge in [0.05, 0.1) is 13.2 Å². The molecule has 0 saturated carbocycles. The zero-order valence-corrected chi connectivity index (χ0v) is 12.7. The first kappa shape index (κ1) is 15.6. The Morgan fingerprint density at radius 1 is 1.00 bits per heavy atom. The maximum atomic E-state index is 6.24. The summed E-state index contributed by atoms with van der Waals surface area (Å²) in [5, 5.41) is 3.43. The monoisotopic (exact) mass is 297 g/mol. The minimum Gasteiger partial charge on any atom is -0.490 e. The van der Waals surface area contributed by atoms with Gasteiger partial charge in [-0.25, -0.2) is 0 Å². The molecule has 1 aromatic rings. The number of hydrogen-bond acceptors (Lipinski definition) is 3. The summed E-state index contributed by atoms with van der Waals surface area (Å²) in [6.45, 7) is 3.91. The summed E-state index contributed by atoms with van der Waals surface area (Å²) in [6.07, 6.45) is 4.79. The van der Waals surface area contributed by atoms with Crippen LogP contribution in [0, 0.1) is 0 Å². The van der Waals surface area contributed by atoms with Gasteiger partial charge in [0.25, 0.3) is 0 Å². The molecule has 1 N–H and O–H groups in total. The predicted octanol–water partition coefficient (Wildman–Crippen LogP) is 3.13. The Balaban J connectivity index is 0.00000147. The standard InChI is InChI=1S/C16H23NO2.ClH/c1-2-4-16(19-14-7-11-18-12-8-14)15(3-1)13-5-9-17-10-6-13;/h1-4,13-14,17H,5-12H2;1H. The maximum absolute atomic E-state index is 6.24. The highest BCUT2D eigenvalue weighted by Gasteiger charge is 2.21. The molecule has 20 heavy (non-hydrogen) atoms. The molecule has 0 bridgehead atoms. The highest BCUT2D eigenvalue weighted by atomic mass is 35.5. The molecule has 2 aliphatic rings. The minimum absolute atomic E-state index is 0. The van der Waals surface area contributed by atoms with E-state index in [0.29, 0.717) is 12.0 Å². The first-order chi connectivity index (χ1) is 9.43. The van der Waals surface area contributed by atoms with E-state index in [1.807, 2.05) is 0 Å². The Hall–Kier alpha value is -0.770. The molecule has 0 unspecified atom stereocenters. The van der Waals surface area contributed by atoms with Crippen molar-refractivity contribution in [3.05, 3.63) is 29.8 Å². The number of hydrogen-bond donors (Lipinski definition) is 1. The van der Waals surface area contributed by atoms with Crippen molar-refractivity contribution >= 4 is 12.4 Å². The van der Waals surface area contributed by atoms with E-state index in [-0.39, 0.29) is 12.4 Å². The average Bonchev–Trinajstić information content (AvgIpc) is 2.50. The number of nitrogens with one attached hydrogen (secondary N) is 1. The molecule has 0 spiro atoms. The molecule has 2 fully saturated rings. The second-order valence-corrected chi connectivity index (χ2v) is 5.49. The van der Waals surface area contributed by atoms with Gasteiger partial charge in [0.2, 0.25) is 0 Å². The van der Waals surface area contributed by atoms with Crippen LogP contribution in [0.2, 0.25) is 0 Å². The van der Waals surface area contributed by atoms with E-state index in [1.54, 1.807) is 0 Å². The molecule has 3 nitrogen and oxygen atoms in total. The zero-order valence-electron chi connectivity index (χ0n) is 11.8. The first-order valence-corrected chi connectivity index (χ1v) is 7.47. The lowest BCUT2D eigenvalue weighted by molar-refractivity contribution is 0.0250. The first-order valence-electron chi connectivity index (χ1n) is 7.47. The molecule has 0 aliphatic carbocycles. The molecule has 0 radical (unpaired) electrons. The van der Waals surface area contributed by atoms with Gasteiger partial charge in [-0.1, -0.05) is 18.2 Å². The Morgan fingerprint density at radius 3 is 2.45 bits per heavy atom. The van der Waals surface area contributed by atoms with Crippen LogP contribution in [0.15, 0.2) is 24.3 Å². The number of rotatable bonds is 3. The maximum Gasteiger partial charge on any atom is 0.123 e. The van der Waals surface area contributed by atoms with Gasteiger partial charge in [0.15, 0.2) is 0 Å². The van der Waals surface area contributed by atoms with Gasteiger partial charge >= 0.3 is 0 Å². The molecule has 0 amide bonds. The Morgan fingerprint density at radius 2 is 1.70 bits per heavy atom. The third-order valence-electron chi connectivity index (χ3n) is 4.16. The third-order valence-corrected chi connectivity index (χ3v) is 4.16. The average molecular weight is 298 g/mol. The van der Waals surface area contributed by atoms with Gasteiger partial charge in [-0.15, -0.1) is 12.4 Å². The van der Waals surface area contributed by atoms with Crippen LogP contribution in [-0.2, 0) is 4.74 Å². The number of halogens is 1. The third kappa shape index (κ3) is 3.87. The van der Waals surface area contributed by atoms with Crippen molar-refractivity contribution in [1.29, 1.82) is 0 Å². The molecule has 2 heterocycles. The predicted molar refractivity (Wildman–Crippen MR) is 83.0 cm³/mol. The molecule has 1 aromatic carbocycles. The van der Waals surface area contributed by atoms with Crippen LogP contribution in [0.25, 0.3) is 0 Å². The van der Waals surface area contributed by atoms with Crippen LogP contribution < -0.4 is 10.1 Å². The van der Waals surface area contributed by atoms with E-state index in [9.17, 15) is 0 Å². The second-order valence-electron chi connectivity index (χ2n) is 5.49. The van der Waals surface area contributed by atoms with Crippen molar-refractivity contribution in [2.75, 3.05) is 26.3 Å². The molecular weight excluding hydrogens is 274 g/mol. The molecule has 2 saturated heterocycles. The summed E-state index contributed by atoms with van der Waals surface area (Å²) in [6, 6.07) is 8.59. The van der Waals surface area contributed by atoms with Gasteiger partial charge in [0, 0.05) is 12.8 Å². The number of piperidine rings is 1. The second kappa shape index (κ2) is 7.87. The topological polar surface area (TPSA) is 30.5 Å². The highest BCUT2D eigenvalue weighted by Crippen LogP contribution is 2.33. The SMILES string of the molecule is Cl.c1ccc(C2CCNCC2)c(OC2CCOCC2)c1. The molecule has 4 heteroatoms. The van der Waals surface area contributed by atoms with Crippen molar-refractivity contribution in [2.45, 2.75) is 37.7 Å². The molecule has 0 atom stereocenters. The van der Waals surface area contributed by atoms with Crippen LogP contribution in [-0.4, -0.2) is 32.4 Å². The van der Waals surface area contributed by atoms with E-state index < -0.39 is 0 Å². The van der Waals surface area contributed by atoms with E-state index in [2.05, 4.69) is 29.6 Å². The Kier molecular flexibility index (Phi) is 6.14. The van der Waals surface area contributed by atoms with Crippen LogP contribution in [0.1, 0.15) is 37.2 Å². The Labute approximate surface area is 127 Å². The highest BCUT2D eigenvalue weighted by molar-refractivity contribution is 5.85. The number of benzene rings is 1. The fraction of sp³-hybridized carbons (Fsp3) is 0.625. The van der Waals surface area contributed by atoms with E-state index in [1.165, 1.54) is 18.4 Å². The van der Waals surface area contributed by atoms with Crippen LogP contribution in [0.5, 0.6) is 5.75 Å². The molecule has 112 valence electrons. The Bertz CT molecular complexity index is 401. The van der Waals surface area contributed by atoms with Gasteiger partial charge in [-0.3, -0.25) is 0 Å². The van der Waals surface area contributed by atoms with Crippen molar-refractivity contribution in [2.24, 2.45) is 0 Å². The fourth-order valence-corrected chi connectivity index (χ4v) is 3.03. The fourth-order valence-electron chi connectivity index (χ4n) is 3.03. The summed E-state index contributed by atoms with van der Waals surface area (Å²) in [4.78, 5) is 0. The lowest BCUT2D eigenvalue weighted by atomic mass is 9.89. The van der Waals surface area contributed by atoms with Gasteiger partial charge in [-0.05, 0) is 43.5 Å². The van der Waals surface area contributed by atoms with E-state index in [0.717, 1.165) is 44.9 Å². The summed E-state index contributed by atoms with van der Waals surface area (Å²) >= 11 is 0. The van der Waals surface area contributed by atoms with Crippen molar-refractivity contribution in [1.82, 2.24) is 5.32 Å². The van der Waals surface area contributed by atoms with Crippen molar-refractivity contribution < 1.29 is 9.47 Å². The van der Waals surface area contributed by atoms with E-state index >= 15 is 0 Å². The summed E-state index contributed by atoms with van der Waals surface area (Å²) in [5.41, 5.74) is 1.40. The summed E-state index contributed by atoms with van der Waals surface area (Å²) in [5.74, 6) is 1.75. The minimum atomic E-state index is 0. The van der Waals surface area contributed by atoms with Crippen LogP contribution in [0.3, 0.4) is 0 Å². The summed E-state index contributed by atoms with van der Waals surface area (Å²) in [7, 11) is 0. The van der Waals surface area contributed by atoms with Crippen molar-refractivity contribution in [3.8, 4) is 5.75 Å². The molecule has 0 aromatic heterocycles. The molecule has 3 rings (SSSR count). The van der Waals surface area contributed by atoms with Gasteiger partial charge < -0.3 is 14.8 Å². The van der Waals surface area contributed by atoms with Crippen LogP contribution in [0.4, 0.5) is 0 Å². The van der Waals surface area contributed by atoms with Gasteiger partial charge in [0.1, 0.15) is 11.9 Å². The number of para-hydroxylation sites is 1. The van der Waals surface area contributed by atoms with E-state index in [4.69, 9.17) is 9.47 Å². The normalized spacial score (nSPS) is 21.2. The van der Waals surface area contributed by atoms with Crippen LogP contribution >= 0.6 is 12.4 Å². The lowest BCUT2D eigenvalue weighted by Crippen LogP contribution is -2.28. The number of ether oxygens (including phenoxy) is 2. The molecular formula is C16H24ClNO2. The smallest absolute Gasteiger partial charge is 0.123 e.